The van der Waals surface area contributed by atoms with Crippen LogP contribution in [0.5, 0.6) is 0 Å². The molecule has 0 N–H and O–H groups in total. The van der Waals surface area contributed by atoms with E-state index in [0.29, 0.717) is 0 Å². The molecular formula is C11H21N. The van der Waals surface area contributed by atoms with Crippen LogP contribution in [0.4, 0.5) is 0 Å². The summed E-state index contributed by atoms with van der Waals surface area (Å²) in [5.41, 5.74) is 0.797. The number of nitrogens with zero attached hydrogens (tertiary/aromatic N) is 1. The zero-order valence-corrected chi connectivity index (χ0v) is 8.64. The van der Waals surface area contributed by atoms with E-state index in [1.807, 2.05) is 0 Å². The Bertz CT molecular complexity index is 160. The molecule has 2 fully saturated rings. The van der Waals surface area contributed by atoms with E-state index < -0.39 is 0 Å². The maximum atomic E-state index is 2.57. The largest absolute Gasteiger partial charge is 0.302 e. The topological polar surface area (TPSA) is 3.24 Å². The number of likely N-dealkylation sites (tertiary alicyclic amines) is 1. The number of hydrogen-bond donors (Lipinski definition) is 0. The van der Waals surface area contributed by atoms with Gasteiger partial charge < -0.3 is 4.90 Å². The Labute approximate surface area is 76.1 Å². The van der Waals surface area contributed by atoms with Crippen LogP contribution in [0.2, 0.25) is 0 Å². The summed E-state index contributed by atoms with van der Waals surface area (Å²) in [4.78, 5) is 2.57. The van der Waals surface area contributed by atoms with Crippen LogP contribution in [-0.2, 0) is 0 Å². The fraction of sp³-hybridized carbons (Fsp3) is 1.00. The van der Waals surface area contributed by atoms with Gasteiger partial charge in [-0.15, -0.1) is 0 Å². The van der Waals surface area contributed by atoms with E-state index in [-0.39, 0.29) is 0 Å². The van der Waals surface area contributed by atoms with Gasteiger partial charge in [-0.05, 0) is 36.6 Å². The van der Waals surface area contributed by atoms with E-state index >= 15 is 0 Å². The number of rotatable bonds is 2. The van der Waals surface area contributed by atoms with Crippen molar-refractivity contribution in [3.8, 4) is 0 Å². The molecule has 0 aromatic carbocycles. The molecular weight excluding hydrogens is 146 g/mol. The fourth-order valence-electron chi connectivity index (χ4n) is 2.91. The molecule has 1 nitrogen and oxygen atoms in total. The van der Waals surface area contributed by atoms with Gasteiger partial charge in [0.05, 0.1) is 0 Å². The molecule has 1 saturated heterocycles. The van der Waals surface area contributed by atoms with E-state index in [2.05, 4.69) is 25.7 Å². The Morgan fingerprint density at radius 1 is 1.33 bits per heavy atom. The van der Waals surface area contributed by atoms with Crippen LogP contribution in [0.1, 0.15) is 33.6 Å². The third-order valence-electron chi connectivity index (χ3n) is 3.90. The van der Waals surface area contributed by atoms with Crippen LogP contribution >= 0.6 is 0 Å². The Morgan fingerprint density at radius 2 is 1.92 bits per heavy atom. The van der Waals surface area contributed by atoms with Gasteiger partial charge in [-0.3, -0.25) is 0 Å². The van der Waals surface area contributed by atoms with Crippen molar-refractivity contribution in [1.29, 1.82) is 0 Å². The first-order valence-electron chi connectivity index (χ1n) is 5.37. The fourth-order valence-corrected chi connectivity index (χ4v) is 2.91. The molecule has 0 unspecified atom stereocenters. The highest BCUT2D eigenvalue weighted by atomic mass is 15.2. The first-order valence-corrected chi connectivity index (χ1v) is 5.37. The predicted octanol–water partition coefficient (Wildman–Crippen LogP) is 2.37. The van der Waals surface area contributed by atoms with Crippen molar-refractivity contribution in [2.24, 2.45) is 17.3 Å². The van der Waals surface area contributed by atoms with Crippen LogP contribution in [0, 0.1) is 17.3 Å². The molecule has 1 aliphatic carbocycles. The Hall–Kier alpha value is -0.0400. The smallest absolute Gasteiger partial charge is 0.00506 e. The lowest BCUT2D eigenvalue weighted by atomic mass is 9.55. The molecule has 2 rings (SSSR count). The van der Waals surface area contributed by atoms with Crippen molar-refractivity contribution in [2.75, 3.05) is 19.6 Å². The van der Waals surface area contributed by atoms with Crippen LogP contribution in [0.3, 0.4) is 0 Å². The summed E-state index contributed by atoms with van der Waals surface area (Å²) >= 11 is 0. The van der Waals surface area contributed by atoms with Gasteiger partial charge in [0.25, 0.3) is 0 Å². The second kappa shape index (κ2) is 2.73. The van der Waals surface area contributed by atoms with Gasteiger partial charge >= 0.3 is 0 Å². The molecule has 0 aromatic heterocycles. The van der Waals surface area contributed by atoms with Gasteiger partial charge in [-0.2, -0.15) is 0 Å². The minimum absolute atomic E-state index is 0.797. The van der Waals surface area contributed by atoms with Crippen LogP contribution in [0.25, 0.3) is 0 Å². The predicted molar refractivity (Wildman–Crippen MR) is 52.1 cm³/mol. The van der Waals surface area contributed by atoms with Crippen molar-refractivity contribution in [1.82, 2.24) is 4.90 Å². The standard InChI is InChI=1S/C11H21N/c1-4-12-7-11(8-12)5-10(6-11)9(2)3/h9-10H,4-8H2,1-3H3. The average molecular weight is 167 g/mol. The van der Waals surface area contributed by atoms with Gasteiger partial charge in [0.1, 0.15) is 0 Å². The van der Waals surface area contributed by atoms with Crippen molar-refractivity contribution in [3.05, 3.63) is 0 Å². The van der Waals surface area contributed by atoms with E-state index in [4.69, 9.17) is 0 Å². The maximum absolute atomic E-state index is 2.57. The quantitative estimate of drug-likeness (QED) is 0.610. The van der Waals surface area contributed by atoms with Crippen molar-refractivity contribution < 1.29 is 0 Å². The minimum atomic E-state index is 0.797. The summed E-state index contributed by atoms with van der Waals surface area (Å²) in [6.07, 6.45) is 3.03. The normalized spacial score (nSPS) is 29.0. The van der Waals surface area contributed by atoms with Crippen molar-refractivity contribution in [2.45, 2.75) is 33.6 Å². The van der Waals surface area contributed by atoms with Gasteiger partial charge in [-0.1, -0.05) is 20.8 Å². The van der Waals surface area contributed by atoms with Crippen LogP contribution in [-0.4, -0.2) is 24.5 Å². The molecule has 1 heteroatoms. The Morgan fingerprint density at radius 3 is 2.33 bits per heavy atom. The lowest BCUT2D eigenvalue weighted by Crippen LogP contribution is -2.62. The van der Waals surface area contributed by atoms with Crippen LogP contribution < -0.4 is 0 Å². The summed E-state index contributed by atoms with van der Waals surface area (Å²) in [6, 6.07) is 0. The molecule has 1 saturated carbocycles. The summed E-state index contributed by atoms with van der Waals surface area (Å²) in [6.45, 7) is 11.1. The molecule has 0 radical (unpaired) electrons. The lowest BCUT2D eigenvalue weighted by molar-refractivity contribution is -0.103. The molecule has 2 aliphatic rings. The zero-order chi connectivity index (χ0) is 8.77. The number of hydrogen-bond acceptors (Lipinski definition) is 1. The molecule has 70 valence electrons. The van der Waals surface area contributed by atoms with Gasteiger partial charge in [-0.25, -0.2) is 0 Å². The Kier molecular flexibility index (Phi) is 1.95. The monoisotopic (exact) mass is 167 g/mol. The van der Waals surface area contributed by atoms with Crippen molar-refractivity contribution >= 4 is 0 Å². The van der Waals surface area contributed by atoms with Crippen LogP contribution in [0.15, 0.2) is 0 Å². The summed E-state index contributed by atoms with van der Waals surface area (Å²) in [7, 11) is 0. The zero-order valence-electron chi connectivity index (χ0n) is 8.64. The maximum Gasteiger partial charge on any atom is 0.00506 e. The molecule has 0 amide bonds. The van der Waals surface area contributed by atoms with Gasteiger partial charge in [0.2, 0.25) is 0 Å². The molecule has 12 heavy (non-hydrogen) atoms. The highest BCUT2D eigenvalue weighted by molar-refractivity contribution is 5.04. The second-order valence-corrected chi connectivity index (χ2v) is 5.22. The third kappa shape index (κ3) is 1.19. The average Bonchev–Trinajstić information content (AvgIpc) is 1.81. The molecule has 1 spiro atoms. The van der Waals surface area contributed by atoms with Gasteiger partial charge in [0.15, 0.2) is 0 Å². The van der Waals surface area contributed by atoms with E-state index in [9.17, 15) is 0 Å². The summed E-state index contributed by atoms with van der Waals surface area (Å²) < 4.78 is 0. The molecule has 1 heterocycles. The van der Waals surface area contributed by atoms with E-state index in [0.717, 1.165) is 17.3 Å². The van der Waals surface area contributed by atoms with Crippen molar-refractivity contribution in [3.63, 3.8) is 0 Å². The highest BCUT2D eigenvalue weighted by Gasteiger charge is 2.51. The first kappa shape index (κ1) is 8.55. The highest BCUT2D eigenvalue weighted by Crippen LogP contribution is 2.53. The van der Waals surface area contributed by atoms with Gasteiger partial charge in [0, 0.05) is 13.1 Å². The van der Waals surface area contributed by atoms with E-state index in [1.165, 1.54) is 32.5 Å². The molecule has 0 aromatic rings. The Balaban J connectivity index is 1.75. The third-order valence-corrected chi connectivity index (χ3v) is 3.90. The second-order valence-electron chi connectivity index (χ2n) is 5.22. The molecule has 1 aliphatic heterocycles. The van der Waals surface area contributed by atoms with E-state index in [1.54, 1.807) is 0 Å². The SMILES string of the molecule is CCN1CC2(CC(C(C)C)C2)C1. The lowest BCUT2D eigenvalue weighted by Gasteiger charge is -2.60. The minimum Gasteiger partial charge on any atom is -0.302 e. The first-order chi connectivity index (χ1) is 5.65. The molecule has 0 bridgehead atoms. The summed E-state index contributed by atoms with van der Waals surface area (Å²) in [5, 5.41) is 0. The molecule has 0 atom stereocenters. The summed E-state index contributed by atoms with van der Waals surface area (Å²) in [5.74, 6) is 1.97.